The van der Waals surface area contributed by atoms with E-state index >= 15 is 0 Å². The first kappa shape index (κ1) is 20.4. The summed E-state index contributed by atoms with van der Waals surface area (Å²) in [6, 6.07) is 13.8. The van der Waals surface area contributed by atoms with Crippen molar-refractivity contribution in [1.82, 2.24) is 9.88 Å². The first-order valence-electron chi connectivity index (χ1n) is 10.0. The molecule has 0 fully saturated rings. The molecule has 3 aromatic rings. The monoisotopic (exact) mass is 423 g/mol. The zero-order valence-electron chi connectivity index (χ0n) is 17.2. The minimum atomic E-state index is -0.0436. The van der Waals surface area contributed by atoms with Crippen molar-refractivity contribution < 1.29 is 14.3 Å². The molecule has 1 aromatic heterocycles. The first-order chi connectivity index (χ1) is 14.6. The zero-order valence-corrected chi connectivity index (χ0v) is 18.0. The minimum absolute atomic E-state index is 0.0436. The molecule has 0 spiro atoms. The van der Waals surface area contributed by atoms with Gasteiger partial charge in [-0.05, 0) is 42.8 Å². The van der Waals surface area contributed by atoms with E-state index in [2.05, 4.69) is 28.2 Å². The Hall–Kier alpha value is -2.90. The van der Waals surface area contributed by atoms with Gasteiger partial charge in [0.2, 0.25) is 12.7 Å². The second kappa shape index (κ2) is 9.28. The quantitative estimate of drug-likeness (QED) is 0.582. The summed E-state index contributed by atoms with van der Waals surface area (Å²) in [5.41, 5.74) is 4.06. The number of aryl methyl sites for hydroxylation is 1. The lowest BCUT2D eigenvalue weighted by Crippen LogP contribution is -2.22. The van der Waals surface area contributed by atoms with Gasteiger partial charge in [-0.25, -0.2) is 4.98 Å². The van der Waals surface area contributed by atoms with Crippen LogP contribution >= 0.6 is 11.3 Å². The Balaban J connectivity index is 1.33. The van der Waals surface area contributed by atoms with Crippen LogP contribution in [-0.4, -0.2) is 29.1 Å². The highest BCUT2D eigenvalue weighted by Crippen LogP contribution is 2.33. The summed E-state index contributed by atoms with van der Waals surface area (Å²) in [7, 11) is 0. The summed E-state index contributed by atoms with van der Waals surface area (Å²) >= 11 is 1.53. The molecule has 2 heterocycles. The van der Waals surface area contributed by atoms with Gasteiger partial charge in [-0.1, -0.05) is 31.2 Å². The van der Waals surface area contributed by atoms with E-state index in [4.69, 9.17) is 9.47 Å². The van der Waals surface area contributed by atoms with Gasteiger partial charge in [-0.2, -0.15) is 0 Å². The maximum atomic E-state index is 12.4. The molecular formula is C23H25N3O3S. The highest BCUT2D eigenvalue weighted by molar-refractivity contribution is 7.09. The van der Waals surface area contributed by atoms with E-state index in [-0.39, 0.29) is 19.1 Å². The SMILES string of the molecule is CCN(Cc1ccc2c(c1)OCO2)Cc1csc(CC(=O)Nc2ccccc2C)n1. The lowest BCUT2D eigenvalue weighted by molar-refractivity contribution is -0.115. The predicted octanol–water partition coefficient (Wildman–Crippen LogP) is 4.38. The molecule has 0 radical (unpaired) electrons. The molecule has 4 rings (SSSR count). The van der Waals surface area contributed by atoms with Crippen molar-refractivity contribution >= 4 is 22.9 Å². The number of fused-ring (bicyclic) bond motifs is 1. The maximum Gasteiger partial charge on any atom is 0.231 e. The van der Waals surface area contributed by atoms with Crippen LogP contribution in [0, 0.1) is 6.92 Å². The second-order valence-electron chi connectivity index (χ2n) is 7.26. The van der Waals surface area contributed by atoms with Crippen molar-refractivity contribution in [3.63, 3.8) is 0 Å². The molecule has 0 bridgehead atoms. The number of rotatable bonds is 8. The fraction of sp³-hybridized carbons (Fsp3) is 0.304. The number of aromatic nitrogens is 1. The Kier molecular flexibility index (Phi) is 6.30. The normalized spacial score (nSPS) is 12.4. The van der Waals surface area contributed by atoms with E-state index in [1.807, 2.05) is 48.7 Å². The first-order valence-corrected chi connectivity index (χ1v) is 10.9. The molecular weight excluding hydrogens is 398 g/mol. The lowest BCUT2D eigenvalue weighted by Gasteiger charge is -2.19. The van der Waals surface area contributed by atoms with Gasteiger partial charge in [0.15, 0.2) is 11.5 Å². The lowest BCUT2D eigenvalue weighted by atomic mass is 10.2. The van der Waals surface area contributed by atoms with Gasteiger partial charge in [0, 0.05) is 24.2 Å². The molecule has 0 atom stereocenters. The number of ether oxygens (including phenoxy) is 2. The standard InChI is InChI=1S/C23H25N3O3S/c1-3-26(12-17-8-9-20-21(10-17)29-15-28-20)13-18-14-30-23(24-18)11-22(27)25-19-7-5-4-6-16(19)2/h4-10,14H,3,11-13,15H2,1-2H3,(H,25,27). The van der Waals surface area contributed by atoms with Crippen molar-refractivity contribution in [3.8, 4) is 11.5 Å². The number of carbonyl (C=O) groups excluding carboxylic acids is 1. The molecule has 30 heavy (non-hydrogen) atoms. The van der Waals surface area contributed by atoms with Crippen LogP contribution < -0.4 is 14.8 Å². The molecule has 0 aliphatic carbocycles. The average molecular weight is 424 g/mol. The van der Waals surface area contributed by atoms with Crippen LogP contribution in [0.3, 0.4) is 0 Å². The van der Waals surface area contributed by atoms with E-state index in [1.165, 1.54) is 16.9 Å². The van der Waals surface area contributed by atoms with Crippen LogP contribution in [0.5, 0.6) is 11.5 Å². The highest BCUT2D eigenvalue weighted by atomic mass is 32.1. The van der Waals surface area contributed by atoms with E-state index in [0.29, 0.717) is 0 Å². The van der Waals surface area contributed by atoms with Crippen molar-refractivity contribution in [2.45, 2.75) is 33.4 Å². The molecule has 2 aromatic carbocycles. The molecule has 7 heteroatoms. The molecule has 1 N–H and O–H groups in total. The highest BCUT2D eigenvalue weighted by Gasteiger charge is 2.15. The third-order valence-corrected chi connectivity index (χ3v) is 5.90. The Morgan fingerprint density at radius 2 is 2.00 bits per heavy atom. The summed E-state index contributed by atoms with van der Waals surface area (Å²) in [5.74, 6) is 1.56. The average Bonchev–Trinajstić information content (AvgIpc) is 3.38. The van der Waals surface area contributed by atoms with Crippen molar-refractivity contribution in [2.75, 3.05) is 18.7 Å². The summed E-state index contributed by atoms with van der Waals surface area (Å²) in [4.78, 5) is 19.4. The van der Waals surface area contributed by atoms with Crippen molar-refractivity contribution in [2.24, 2.45) is 0 Å². The van der Waals surface area contributed by atoms with Crippen molar-refractivity contribution in [3.05, 3.63) is 69.7 Å². The van der Waals surface area contributed by atoms with Crippen LogP contribution in [0.4, 0.5) is 5.69 Å². The number of amides is 1. The summed E-state index contributed by atoms with van der Waals surface area (Å²) in [5, 5.41) is 5.84. The van der Waals surface area contributed by atoms with Gasteiger partial charge in [-0.15, -0.1) is 11.3 Å². The Bertz CT molecular complexity index is 1030. The molecule has 156 valence electrons. The summed E-state index contributed by atoms with van der Waals surface area (Å²) in [6.45, 7) is 6.84. The van der Waals surface area contributed by atoms with Crippen LogP contribution in [0.2, 0.25) is 0 Å². The van der Waals surface area contributed by atoms with E-state index in [9.17, 15) is 4.79 Å². The minimum Gasteiger partial charge on any atom is -0.454 e. The molecule has 6 nitrogen and oxygen atoms in total. The van der Waals surface area contributed by atoms with E-state index < -0.39 is 0 Å². The van der Waals surface area contributed by atoms with Gasteiger partial charge >= 0.3 is 0 Å². The molecule has 0 saturated heterocycles. The Morgan fingerprint density at radius 3 is 2.83 bits per heavy atom. The fourth-order valence-electron chi connectivity index (χ4n) is 3.35. The number of nitrogens with zero attached hydrogens (tertiary/aromatic N) is 2. The molecule has 1 amide bonds. The fourth-order valence-corrected chi connectivity index (χ4v) is 4.14. The van der Waals surface area contributed by atoms with Gasteiger partial charge in [0.1, 0.15) is 5.01 Å². The molecule has 1 aliphatic heterocycles. The predicted molar refractivity (Wildman–Crippen MR) is 118 cm³/mol. The third kappa shape index (κ3) is 4.98. The number of hydrogen-bond acceptors (Lipinski definition) is 6. The number of carbonyl (C=O) groups is 1. The number of thiazole rings is 1. The summed E-state index contributed by atoms with van der Waals surface area (Å²) < 4.78 is 10.9. The number of benzene rings is 2. The third-order valence-electron chi connectivity index (χ3n) is 5.01. The molecule has 1 aliphatic rings. The molecule has 0 saturated carbocycles. The number of anilines is 1. The van der Waals surface area contributed by atoms with Gasteiger partial charge < -0.3 is 14.8 Å². The smallest absolute Gasteiger partial charge is 0.231 e. The Labute approximate surface area is 180 Å². The largest absolute Gasteiger partial charge is 0.454 e. The number of nitrogens with one attached hydrogen (secondary N) is 1. The van der Waals surface area contributed by atoms with E-state index in [0.717, 1.165) is 53.1 Å². The van der Waals surface area contributed by atoms with Crippen LogP contribution in [0.25, 0.3) is 0 Å². The van der Waals surface area contributed by atoms with Crippen LogP contribution in [0.1, 0.15) is 28.8 Å². The summed E-state index contributed by atoms with van der Waals surface area (Å²) in [6.07, 6.45) is 0.285. The van der Waals surface area contributed by atoms with E-state index in [1.54, 1.807) is 0 Å². The maximum absolute atomic E-state index is 12.4. The topological polar surface area (TPSA) is 63.7 Å². The molecule has 0 unspecified atom stereocenters. The van der Waals surface area contributed by atoms with Crippen LogP contribution in [0.15, 0.2) is 47.8 Å². The zero-order chi connectivity index (χ0) is 20.9. The number of hydrogen-bond donors (Lipinski definition) is 1. The van der Waals surface area contributed by atoms with Crippen LogP contribution in [-0.2, 0) is 24.3 Å². The van der Waals surface area contributed by atoms with Gasteiger partial charge in [0.05, 0.1) is 12.1 Å². The number of para-hydroxylation sites is 1. The van der Waals surface area contributed by atoms with Gasteiger partial charge in [-0.3, -0.25) is 9.69 Å². The van der Waals surface area contributed by atoms with Gasteiger partial charge in [0.25, 0.3) is 0 Å². The Morgan fingerprint density at radius 1 is 1.17 bits per heavy atom. The van der Waals surface area contributed by atoms with Crippen molar-refractivity contribution in [1.29, 1.82) is 0 Å². The second-order valence-corrected chi connectivity index (χ2v) is 8.21.